The Hall–Kier alpha value is -1.46. The van der Waals surface area contributed by atoms with Crippen molar-refractivity contribution in [3.05, 3.63) is 41.3 Å². The summed E-state index contributed by atoms with van der Waals surface area (Å²) in [6.07, 6.45) is 5.20. The first kappa shape index (κ1) is 11.0. The lowest BCUT2D eigenvalue weighted by Crippen LogP contribution is -1.89. The molecule has 0 aromatic carbocycles. The minimum absolute atomic E-state index is 0.452. The molecule has 0 aliphatic carbocycles. The van der Waals surface area contributed by atoms with E-state index in [0.717, 1.165) is 5.03 Å². The molecule has 0 radical (unpaired) electrons. The Labute approximate surface area is 101 Å². The maximum Gasteiger partial charge on any atom is 0.193 e. The molecule has 0 bridgehead atoms. The number of aromatic nitrogens is 3. The van der Waals surface area contributed by atoms with Crippen molar-refractivity contribution in [1.82, 2.24) is 15.0 Å². The predicted octanol–water partition coefficient (Wildman–Crippen LogP) is 2.49. The molecular weight excluding hydrogens is 246 g/mol. The van der Waals surface area contributed by atoms with Crippen LogP contribution in [-0.4, -0.2) is 21.2 Å². The van der Waals surface area contributed by atoms with E-state index < -0.39 is 0 Å². The molecule has 0 saturated carbocycles. The zero-order valence-corrected chi connectivity index (χ0v) is 9.57. The fourth-order valence-corrected chi connectivity index (χ4v) is 1.71. The van der Waals surface area contributed by atoms with Crippen LogP contribution >= 0.6 is 23.4 Å². The average molecular weight is 252 g/mol. The van der Waals surface area contributed by atoms with Gasteiger partial charge in [0, 0.05) is 18.6 Å². The van der Waals surface area contributed by atoms with Crippen LogP contribution in [0.5, 0.6) is 0 Å². The molecule has 0 amide bonds. The number of pyridine rings is 1. The zero-order chi connectivity index (χ0) is 11.4. The van der Waals surface area contributed by atoms with Crippen LogP contribution in [-0.2, 0) is 0 Å². The molecule has 0 spiro atoms. The number of rotatable bonds is 3. The van der Waals surface area contributed by atoms with Crippen molar-refractivity contribution < 1.29 is 4.79 Å². The van der Waals surface area contributed by atoms with E-state index in [1.165, 1.54) is 24.2 Å². The maximum absolute atomic E-state index is 10.4. The Morgan fingerprint density at radius 2 is 1.88 bits per heavy atom. The Morgan fingerprint density at radius 1 is 1.12 bits per heavy atom. The summed E-state index contributed by atoms with van der Waals surface area (Å²) in [6.45, 7) is 0. The average Bonchev–Trinajstić information content (AvgIpc) is 2.33. The van der Waals surface area contributed by atoms with Gasteiger partial charge in [-0.25, -0.2) is 15.0 Å². The third-order valence-electron chi connectivity index (χ3n) is 1.68. The fourth-order valence-electron chi connectivity index (χ4n) is 0.956. The van der Waals surface area contributed by atoms with Crippen LogP contribution in [0.1, 0.15) is 10.4 Å². The molecule has 4 nitrogen and oxygen atoms in total. The highest BCUT2D eigenvalue weighted by atomic mass is 35.5. The molecule has 0 aliphatic heterocycles. The highest BCUT2D eigenvalue weighted by Gasteiger charge is 2.01. The van der Waals surface area contributed by atoms with Crippen LogP contribution < -0.4 is 0 Å². The van der Waals surface area contributed by atoms with Crippen molar-refractivity contribution in [2.45, 2.75) is 10.2 Å². The Morgan fingerprint density at radius 3 is 2.44 bits per heavy atom. The number of halogens is 1. The molecule has 0 fully saturated rings. The van der Waals surface area contributed by atoms with Crippen molar-refractivity contribution in [3.8, 4) is 0 Å². The van der Waals surface area contributed by atoms with Crippen LogP contribution in [0, 0.1) is 0 Å². The lowest BCUT2D eigenvalue weighted by molar-refractivity contribution is 0.112. The molecule has 0 aliphatic rings. The maximum atomic E-state index is 10.4. The monoisotopic (exact) mass is 251 g/mol. The zero-order valence-electron chi connectivity index (χ0n) is 8.00. The third-order valence-corrected chi connectivity index (χ3v) is 2.75. The first-order valence-corrected chi connectivity index (χ1v) is 5.54. The van der Waals surface area contributed by atoms with Gasteiger partial charge in [-0.3, -0.25) is 4.79 Å². The van der Waals surface area contributed by atoms with Crippen molar-refractivity contribution in [2.24, 2.45) is 0 Å². The molecule has 2 heterocycles. The van der Waals surface area contributed by atoms with Crippen molar-refractivity contribution in [3.63, 3.8) is 0 Å². The first-order valence-electron chi connectivity index (χ1n) is 4.34. The Kier molecular flexibility index (Phi) is 3.48. The smallest absolute Gasteiger partial charge is 0.193 e. The number of carbonyl (C=O) groups is 1. The first-order chi connectivity index (χ1) is 7.78. The minimum Gasteiger partial charge on any atom is -0.298 e. The Balaban J connectivity index is 2.14. The van der Waals surface area contributed by atoms with E-state index in [2.05, 4.69) is 15.0 Å². The van der Waals surface area contributed by atoms with Crippen molar-refractivity contribution in [1.29, 1.82) is 0 Å². The molecule has 2 rings (SSSR count). The fraction of sp³-hybridized carbons (Fsp3) is 0. The summed E-state index contributed by atoms with van der Waals surface area (Å²) in [6, 6.07) is 3.53. The third kappa shape index (κ3) is 2.77. The summed E-state index contributed by atoms with van der Waals surface area (Å²) in [5, 5.41) is 1.88. The van der Waals surface area contributed by atoms with Gasteiger partial charge >= 0.3 is 0 Å². The standard InChI is InChI=1S/C10H6ClN3OS/c11-8-1-2-9(12-5-8)16-10-13-3-7(6-15)4-14-10/h1-6H. The van der Waals surface area contributed by atoms with Crippen molar-refractivity contribution in [2.75, 3.05) is 0 Å². The lowest BCUT2D eigenvalue weighted by atomic mass is 10.4. The second kappa shape index (κ2) is 5.05. The summed E-state index contributed by atoms with van der Waals surface area (Å²) in [5.41, 5.74) is 0.452. The Bertz CT molecular complexity index is 486. The van der Waals surface area contributed by atoms with Gasteiger partial charge < -0.3 is 0 Å². The topological polar surface area (TPSA) is 55.7 Å². The van der Waals surface area contributed by atoms with Crippen LogP contribution in [0.4, 0.5) is 0 Å². The largest absolute Gasteiger partial charge is 0.298 e. The van der Waals surface area contributed by atoms with Gasteiger partial charge in [0.2, 0.25) is 0 Å². The number of hydrogen-bond acceptors (Lipinski definition) is 5. The van der Waals surface area contributed by atoms with Gasteiger partial charge in [-0.2, -0.15) is 0 Å². The van der Waals surface area contributed by atoms with E-state index in [0.29, 0.717) is 22.0 Å². The molecule has 80 valence electrons. The van der Waals surface area contributed by atoms with E-state index in [1.54, 1.807) is 18.3 Å². The molecule has 0 saturated heterocycles. The van der Waals surface area contributed by atoms with E-state index in [4.69, 9.17) is 11.6 Å². The van der Waals surface area contributed by atoms with Gasteiger partial charge in [0.1, 0.15) is 5.03 Å². The number of nitrogens with zero attached hydrogens (tertiary/aromatic N) is 3. The molecule has 6 heteroatoms. The molecule has 0 atom stereocenters. The summed E-state index contributed by atoms with van der Waals surface area (Å²) in [5.74, 6) is 0. The molecule has 0 N–H and O–H groups in total. The lowest BCUT2D eigenvalue weighted by Gasteiger charge is -1.98. The van der Waals surface area contributed by atoms with Crippen LogP contribution in [0.3, 0.4) is 0 Å². The summed E-state index contributed by atoms with van der Waals surface area (Å²) in [4.78, 5) is 22.5. The second-order valence-corrected chi connectivity index (χ2v) is 4.26. The summed E-state index contributed by atoms with van der Waals surface area (Å²) in [7, 11) is 0. The molecular formula is C10H6ClN3OS. The van der Waals surface area contributed by atoms with E-state index in [1.807, 2.05) is 0 Å². The van der Waals surface area contributed by atoms with Crippen LogP contribution in [0.2, 0.25) is 5.02 Å². The van der Waals surface area contributed by atoms with Gasteiger partial charge in [0.05, 0.1) is 10.6 Å². The highest BCUT2D eigenvalue weighted by Crippen LogP contribution is 2.22. The normalized spacial score (nSPS) is 10.1. The number of hydrogen-bond donors (Lipinski definition) is 0. The second-order valence-electron chi connectivity index (χ2n) is 2.83. The van der Waals surface area contributed by atoms with Crippen LogP contribution in [0.15, 0.2) is 40.9 Å². The molecule has 0 unspecified atom stereocenters. The van der Waals surface area contributed by atoms with E-state index in [-0.39, 0.29) is 0 Å². The highest BCUT2D eigenvalue weighted by molar-refractivity contribution is 7.99. The van der Waals surface area contributed by atoms with Gasteiger partial charge in [0.15, 0.2) is 11.4 Å². The number of carbonyl (C=O) groups excluding carboxylic acids is 1. The van der Waals surface area contributed by atoms with Crippen molar-refractivity contribution >= 4 is 29.6 Å². The summed E-state index contributed by atoms with van der Waals surface area (Å²) < 4.78 is 0. The molecule has 2 aromatic heterocycles. The van der Waals surface area contributed by atoms with Crippen LogP contribution in [0.25, 0.3) is 0 Å². The quantitative estimate of drug-likeness (QED) is 0.620. The molecule has 2 aromatic rings. The summed E-state index contributed by atoms with van der Waals surface area (Å²) >= 11 is 7.02. The predicted molar refractivity (Wildman–Crippen MR) is 60.8 cm³/mol. The SMILES string of the molecule is O=Cc1cnc(Sc2ccc(Cl)cn2)nc1. The van der Waals surface area contributed by atoms with Gasteiger partial charge in [-0.15, -0.1) is 0 Å². The van der Waals surface area contributed by atoms with Gasteiger partial charge in [-0.1, -0.05) is 11.6 Å². The number of aldehydes is 1. The molecule has 16 heavy (non-hydrogen) atoms. The van der Waals surface area contributed by atoms with E-state index in [9.17, 15) is 4.79 Å². The van der Waals surface area contributed by atoms with E-state index >= 15 is 0 Å². The minimum atomic E-state index is 0.452. The van der Waals surface area contributed by atoms with Gasteiger partial charge in [0.25, 0.3) is 0 Å². The van der Waals surface area contributed by atoms with Gasteiger partial charge in [-0.05, 0) is 23.9 Å².